The monoisotopic (exact) mass is 832 g/mol. The number of benzene rings is 2. The molecular weight excluding hydrogens is 783 g/mol. The fraction of sp³-hybridized carbons (Fsp3) is 0.538. The van der Waals surface area contributed by atoms with Gasteiger partial charge in [-0.1, -0.05) is 12.1 Å². The molecule has 2 saturated carbocycles. The van der Waals surface area contributed by atoms with Gasteiger partial charge >= 0.3 is 0 Å². The van der Waals surface area contributed by atoms with Crippen molar-refractivity contribution in [3.05, 3.63) is 68.9 Å². The molecule has 10 nitrogen and oxygen atoms in total. The topological polar surface area (TPSA) is 142 Å². The number of fused-ring (bicyclic) bond motifs is 6. The number of hydrogen-bond acceptors (Lipinski definition) is 10. The standard InChI is InChI=1S/C20H26FN3O2S2.C19H24FN3O2S2/c1-2-28(25,26)24-16-10-8-15(9-11-16)22-20-23-19-17-12-14(21)7-6-13(17)4-3-5-18(19)27-20;1-27(24,25)23-15-9-7-14(8-10-15)21-19-22-18-16-11-13(20)6-5-12(16)3-2-4-17(18)26-19/h6-7,12,15-16,24H,2-5,8-11H2,1H3,(H,22,23);5-6,11,14-15,23H,2-4,7-10H2,1H3,(H,21,22). The number of aryl methyl sites for hydroxylation is 4. The summed E-state index contributed by atoms with van der Waals surface area (Å²) in [6.45, 7) is 1.66. The lowest BCUT2D eigenvalue weighted by Gasteiger charge is -2.29. The van der Waals surface area contributed by atoms with Crippen LogP contribution in [0.25, 0.3) is 22.5 Å². The van der Waals surface area contributed by atoms with E-state index in [0.29, 0.717) is 12.1 Å². The summed E-state index contributed by atoms with van der Waals surface area (Å²) in [5, 5.41) is 8.84. The number of nitrogens with zero attached hydrogens (tertiary/aromatic N) is 2. The molecule has 2 aromatic heterocycles. The zero-order valence-electron chi connectivity index (χ0n) is 31.3. The van der Waals surface area contributed by atoms with Gasteiger partial charge in [0.1, 0.15) is 11.6 Å². The van der Waals surface area contributed by atoms with Gasteiger partial charge in [-0.3, -0.25) is 0 Å². The molecule has 0 atom stereocenters. The van der Waals surface area contributed by atoms with E-state index in [1.54, 1.807) is 41.7 Å². The number of nitrogens with one attached hydrogen (secondary N) is 4. The number of sulfonamides is 2. The number of thiazole rings is 2. The lowest BCUT2D eigenvalue weighted by atomic mass is 9.92. The molecule has 298 valence electrons. The summed E-state index contributed by atoms with van der Waals surface area (Å²) < 4.78 is 79.3. The SMILES string of the molecule is CCS(=O)(=O)NC1CCC(Nc2nc3c(s2)CCCc2ccc(F)cc2-3)CC1.CS(=O)(=O)NC1CCC(Nc2nc3c(s2)CCCc2ccc(F)cc2-3)CC1. The first-order valence-electron chi connectivity index (χ1n) is 19.4. The Balaban J connectivity index is 0.000000169. The second-order valence-electron chi connectivity index (χ2n) is 15.2. The third kappa shape index (κ3) is 10.5. The molecular formula is C39H50F2N6O4S4. The van der Waals surface area contributed by atoms with Crippen LogP contribution in [0.2, 0.25) is 0 Å². The van der Waals surface area contributed by atoms with Crippen molar-refractivity contribution in [3.63, 3.8) is 0 Å². The Hall–Kier alpha value is -3.02. The number of aromatic nitrogens is 2. The van der Waals surface area contributed by atoms with E-state index in [-0.39, 0.29) is 29.5 Å². The Morgan fingerprint density at radius 3 is 1.47 bits per heavy atom. The number of hydrogen-bond donors (Lipinski definition) is 4. The van der Waals surface area contributed by atoms with Gasteiger partial charge in [-0.15, -0.1) is 22.7 Å². The van der Waals surface area contributed by atoms with E-state index in [0.717, 1.165) is 123 Å². The summed E-state index contributed by atoms with van der Waals surface area (Å²) in [7, 11) is -6.29. The van der Waals surface area contributed by atoms with Crippen LogP contribution in [0, 0.1) is 11.6 Å². The Morgan fingerprint density at radius 2 is 1.05 bits per heavy atom. The molecule has 0 amide bonds. The average molecular weight is 833 g/mol. The van der Waals surface area contributed by atoms with E-state index in [1.807, 2.05) is 12.1 Å². The van der Waals surface area contributed by atoms with Gasteiger partial charge in [0.2, 0.25) is 20.0 Å². The largest absolute Gasteiger partial charge is 0.359 e. The first kappa shape index (κ1) is 40.2. The van der Waals surface area contributed by atoms with Crippen LogP contribution in [0.3, 0.4) is 0 Å². The van der Waals surface area contributed by atoms with Gasteiger partial charge in [0, 0.05) is 45.0 Å². The molecule has 2 fully saturated rings. The Bertz CT molecular complexity index is 2190. The van der Waals surface area contributed by atoms with Crippen molar-refractivity contribution in [1.82, 2.24) is 19.4 Å². The van der Waals surface area contributed by atoms with E-state index in [9.17, 15) is 25.6 Å². The van der Waals surface area contributed by atoms with E-state index in [4.69, 9.17) is 9.97 Å². The predicted molar refractivity (Wildman–Crippen MR) is 219 cm³/mol. The van der Waals surface area contributed by atoms with Gasteiger partial charge in [0.25, 0.3) is 0 Å². The normalized spacial score (nSPS) is 22.4. The van der Waals surface area contributed by atoms with Gasteiger partial charge in [0.15, 0.2) is 10.3 Å². The van der Waals surface area contributed by atoms with E-state index < -0.39 is 20.0 Å². The van der Waals surface area contributed by atoms with Gasteiger partial charge in [-0.2, -0.15) is 0 Å². The van der Waals surface area contributed by atoms with Crippen molar-refractivity contribution >= 4 is 53.0 Å². The molecule has 2 aromatic carbocycles. The van der Waals surface area contributed by atoms with Crippen molar-refractivity contribution in [2.45, 2.75) is 121 Å². The maximum Gasteiger partial charge on any atom is 0.211 e. The minimum absolute atomic E-state index is 0.0286. The average Bonchev–Trinajstić information content (AvgIpc) is 3.64. The molecule has 0 unspecified atom stereocenters. The highest BCUT2D eigenvalue weighted by atomic mass is 32.2. The number of rotatable bonds is 9. The molecule has 0 radical (unpaired) electrons. The fourth-order valence-electron chi connectivity index (χ4n) is 8.14. The molecule has 4 aliphatic rings. The fourth-order valence-corrected chi connectivity index (χ4v) is 12.1. The molecule has 4 aliphatic carbocycles. The molecule has 8 rings (SSSR count). The predicted octanol–water partition coefficient (Wildman–Crippen LogP) is 7.81. The Morgan fingerprint density at radius 1 is 0.636 bits per heavy atom. The van der Waals surface area contributed by atoms with Crippen molar-refractivity contribution in [2.75, 3.05) is 22.6 Å². The second kappa shape index (κ2) is 17.2. The minimum Gasteiger partial charge on any atom is -0.359 e. The molecule has 16 heteroatoms. The first-order valence-corrected chi connectivity index (χ1v) is 24.6. The van der Waals surface area contributed by atoms with Crippen LogP contribution in [-0.4, -0.2) is 63.0 Å². The lowest BCUT2D eigenvalue weighted by molar-refractivity contribution is 0.387. The van der Waals surface area contributed by atoms with Crippen molar-refractivity contribution in [3.8, 4) is 22.5 Å². The van der Waals surface area contributed by atoms with E-state index in [1.165, 1.54) is 39.3 Å². The van der Waals surface area contributed by atoms with E-state index in [2.05, 4.69) is 20.1 Å². The lowest BCUT2D eigenvalue weighted by Crippen LogP contribution is -2.40. The highest BCUT2D eigenvalue weighted by Gasteiger charge is 2.28. The summed E-state index contributed by atoms with van der Waals surface area (Å²) in [6, 6.07) is 10.7. The summed E-state index contributed by atoms with van der Waals surface area (Å²) in [4.78, 5) is 12.0. The van der Waals surface area contributed by atoms with Crippen LogP contribution >= 0.6 is 22.7 Å². The smallest absolute Gasteiger partial charge is 0.211 e. The summed E-state index contributed by atoms with van der Waals surface area (Å²) >= 11 is 3.34. The molecule has 2 heterocycles. The molecule has 4 aromatic rings. The van der Waals surface area contributed by atoms with Gasteiger partial charge in [-0.05, 0) is 132 Å². The van der Waals surface area contributed by atoms with Crippen molar-refractivity contribution < 1.29 is 25.6 Å². The Labute approximate surface area is 331 Å². The maximum absolute atomic E-state index is 13.8. The third-order valence-corrected chi connectivity index (χ3v) is 15.3. The van der Waals surface area contributed by atoms with Gasteiger partial charge in [-0.25, -0.2) is 45.0 Å². The highest BCUT2D eigenvalue weighted by Crippen LogP contribution is 2.40. The zero-order valence-corrected chi connectivity index (χ0v) is 34.6. The quantitative estimate of drug-likeness (QED) is 0.134. The van der Waals surface area contributed by atoms with Crippen LogP contribution in [0.4, 0.5) is 19.0 Å². The zero-order chi connectivity index (χ0) is 38.7. The minimum atomic E-state index is -3.15. The first-order chi connectivity index (χ1) is 26.3. The highest BCUT2D eigenvalue weighted by molar-refractivity contribution is 7.89. The summed E-state index contributed by atoms with van der Waals surface area (Å²) in [5.74, 6) is -0.319. The molecule has 4 N–H and O–H groups in total. The third-order valence-electron chi connectivity index (χ3n) is 11.0. The molecule has 55 heavy (non-hydrogen) atoms. The van der Waals surface area contributed by atoms with Gasteiger partial charge in [0.05, 0.1) is 23.4 Å². The second-order valence-corrected chi connectivity index (χ2v) is 21.2. The van der Waals surface area contributed by atoms with Crippen molar-refractivity contribution in [1.29, 1.82) is 0 Å². The number of anilines is 2. The summed E-state index contributed by atoms with van der Waals surface area (Å²) in [6.07, 6.45) is 14.1. The van der Waals surface area contributed by atoms with Crippen LogP contribution in [0.1, 0.15) is 92.0 Å². The van der Waals surface area contributed by atoms with Crippen LogP contribution in [0.5, 0.6) is 0 Å². The molecule has 0 saturated heterocycles. The van der Waals surface area contributed by atoms with Crippen molar-refractivity contribution in [2.24, 2.45) is 0 Å². The molecule has 0 bridgehead atoms. The van der Waals surface area contributed by atoms with Crippen LogP contribution in [0.15, 0.2) is 36.4 Å². The molecule has 0 aliphatic heterocycles. The van der Waals surface area contributed by atoms with Crippen LogP contribution < -0.4 is 20.1 Å². The summed E-state index contributed by atoms with van der Waals surface area (Å²) in [5.41, 5.74) is 6.02. The van der Waals surface area contributed by atoms with Gasteiger partial charge < -0.3 is 10.6 Å². The Kier molecular flexibility index (Phi) is 12.6. The van der Waals surface area contributed by atoms with E-state index >= 15 is 0 Å². The maximum atomic E-state index is 13.8. The molecule has 0 spiro atoms. The van der Waals surface area contributed by atoms with Crippen LogP contribution in [-0.2, 0) is 45.7 Å². The number of halogens is 2.